The van der Waals surface area contributed by atoms with Gasteiger partial charge in [0.05, 0.1) is 18.8 Å². The summed E-state index contributed by atoms with van der Waals surface area (Å²) < 4.78 is 0. The van der Waals surface area contributed by atoms with Crippen LogP contribution in [0, 0.1) is 0 Å². The molecule has 0 aliphatic rings. The van der Waals surface area contributed by atoms with Gasteiger partial charge in [-0.15, -0.1) is 0 Å². The number of nitrogens with one attached hydrogen (secondary N) is 1. The van der Waals surface area contributed by atoms with Crippen molar-refractivity contribution in [2.75, 3.05) is 20.2 Å². The SMILES string of the molecule is CON=CCNC(=O)[C@@H](N)CCCCN. The van der Waals surface area contributed by atoms with Crippen LogP contribution in [0.4, 0.5) is 0 Å². The molecule has 0 aliphatic carbocycles. The Bertz CT molecular complexity index is 197. The average Bonchev–Trinajstić information content (AvgIpc) is 2.24. The number of hydrogen-bond acceptors (Lipinski definition) is 5. The van der Waals surface area contributed by atoms with Crippen LogP contribution in [0.2, 0.25) is 0 Å². The van der Waals surface area contributed by atoms with Gasteiger partial charge in [-0.1, -0.05) is 11.6 Å². The molecule has 0 aliphatic heterocycles. The number of carbonyl (C=O) groups excluding carboxylic acids is 1. The molecule has 15 heavy (non-hydrogen) atoms. The first-order valence-electron chi connectivity index (χ1n) is 5.00. The maximum Gasteiger partial charge on any atom is 0.237 e. The molecule has 0 unspecified atom stereocenters. The third-order valence-corrected chi connectivity index (χ3v) is 1.85. The first-order valence-corrected chi connectivity index (χ1v) is 5.00. The molecule has 1 amide bonds. The summed E-state index contributed by atoms with van der Waals surface area (Å²) in [6, 6.07) is -0.465. The van der Waals surface area contributed by atoms with Crippen molar-refractivity contribution in [2.24, 2.45) is 16.6 Å². The van der Waals surface area contributed by atoms with E-state index < -0.39 is 6.04 Å². The molecule has 6 heteroatoms. The van der Waals surface area contributed by atoms with E-state index in [1.807, 2.05) is 0 Å². The van der Waals surface area contributed by atoms with Gasteiger partial charge >= 0.3 is 0 Å². The molecular formula is C9H20N4O2. The van der Waals surface area contributed by atoms with Crippen LogP contribution >= 0.6 is 0 Å². The summed E-state index contributed by atoms with van der Waals surface area (Å²) in [7, 11) is 1.44. The summed E-state index contributed by atoms with van der Waals surface area (Å²) in [5.74, 6) is -0.172. The van der Waals surface area contributed by atoms with Gasteiger partial charge < -0.3 is 21.6 Å². The zero-order valence-corrected chi connectivity index (χ0v) is 9.11. The number of hydrogen-bond donors (Lipinski definition) is 3. The topological polar surface area (TPSA) is 103 Å². The first-order chi connectivity index (χ1) is 7.22. The van der Waals surface area contributed by atoms with Crippen LogP contribution < -0.4 is 16.8 Å². The number of oxime groups is 1. The second kappa shape index (κ2) is 9.42. The summed E-state index contributed by atoms with van der Waals surface area (Å²) in [6.45, 7) is 0.964. The molecule has 6 nitrogen and oxygen atoms in total. The highest BCUT2D eigenvalue weighted by atomic mass is 16.6. The van der Waals surface area contributed by atoms with Crippen molar-refractivity contribution in [3.05, 3.63) is 0 Å². The van der Waals surface area contributed by atoms with E-state index in [0.29, 0.717) is 19.5 Å². The molecule has 0 spiro atoms. The van der Waals surface area contributed by atoms with Gasteiger partial charge in [-0.05, 0) is 19.4 Å². The fourth-order valence-electron chi connectivity index (χ4n) is 1.03. The van der Waals surface area contributed by atoms with Crippen molar-refractivity contribution >= 4 is 12.1 Å². The Morgan fingerprint density at radius 3 is 2.93 bits per heavy atom. The number of carbonyl (C=O) groups is 1. The van der Waals surface area contributed by atoms with Gasteiger partial charge in [-0.3, -0.25) is 4.79 Å². The molecule has 1 atom stereocenters. The van der Waals surface area contributed by atoms with Crippen LogP contribution in [0.15, 0.2) is 5.16 Å². The van der Waals surface area contributed by atoms with Crippen LogP contribution in [0.5, 0.6) is 0 Å². The minimum Gasteiger partial charge on any atom is -0.399 e. The molecule has 88 valence electrons. The lowest BCUT2D eigenvalue weighted by Gasteiger charge is -2.10. The zero-order chi connectivity index (χ0) is 11.5. The van der Waals surface area contributed by atoms with E-state index in [4.69, 9.17) is 11.5 Å². The molecule has 0 bridgehead atoms. The van der Waals surface area contributed by atoms with Gasteiger partial charge in [0.1, 0.15) is 7.11 Å². The van der Waals surface area contributed by atoms with E-state index in [2.05, 4.69) is 15.3 Å². The smallest absolute Gasteiger partial charge is 0.237 e. The summed E-state index contributed by atoms with van der Waals surface area (Å²) in [5, 5.41) is 6.10. The molecule has 5 N–H and O–H groups in total. The van der Waals surface area contributed by atoms with Gasteiger partial charge in [0.15, 0.2) is 0 Å². The Morgan fingerprint density at radius 1 is 1.60 bits per heavy atom. The monoisotopic (exact) mass is 216 g/mol. The molecule has 0 fully saturated rings. The van der Waals surface area contributed by atoms with Gasteiger partial charge in [0.2, 0.25) is 5.91 Å². The van der Waals surface area contributed by atoms with E-state index in [0.717, 1.165) is 12.8 Å². The molecule has 0 aromatic rings. The van der Waals surface area contributed by atoms with Crippen LogP contribution in [-0.4, -0.2) is 38.4 Å². The summed E-state index contributed by atoms with van der Waals surface area (Å²) in [5.41, 5.74) is 11.0. The summed E-state index contributed by atoms with van der Waals surface area (Å²) in [6.07, 6.45) is 3.89. The third kappa shape index (κ3) is 7.90. The highest BCUT2D eigenvalue weighted by molar-refractivity contribution is 5.83. The number of nitrogens with zero attached hydrogens (tertiary/aromatic N) is 1. The van der Waals surface area contributed by atoms with E-state index in [1.165, 1.54) is 13.3 Å². The van der Waals surface area contributed by atoms with Crippen LogP contribution in [0.3, 0.4) is 0 Å². The number of amides is 1. The predicted octanol–water partition coefficient (Wildman–Crippen LogP) is -0.809. The van der Waals surface area contributed by atoms with Crippen molar-refractivity contribution in [1.29, 1.82) is 0 Å². The van der Waals surface area contributed by atoms with Gasteiger partial charge in [0.25, 0.3) is 0 Å². The van der Waals surface area contributed by atoms with Gasteiger partial charge in [-0.2, -0.15) is 0 Å². The van der Waals surface area contributed by atoms with E-state index >= 15 is 0 Å². The standard InChI is InChI=1S/C9H20N4O2/c1-15-13-7-6-12-9(14)8(11)4-2-3-5-10/h7-8H,2-6,10-11H2,1H3,(H,12,14)/t8-/m0/s1. The minimum absolute atomic E-state index is 0.172. The quantitative estimate of drug-likeness (QED) is 0.280. The lowest BCUT2D eigenvalue weighted by molar-refractivity contribution is -0.122. The Kier molecular flexibility index (Phi) is 8.70. The fourth-order valence-corrected chi connectivity index (χ4v) is 1.03. The Morgan fingerprint density at radius 2 is 2.33 bits per heavy atom. The van der Waals surface area contributed by atoms with Crippen molar-refractivity contribution < 1.29 is 9.63 Å². The molecule has 0 saturated carbocycles. The minimum atomic E-state index is -0.465. The molecule has 0 heterocycles. The fraction of sp³-hybridized carbons (Fsp3) is 0.778. The van der Waals surface area contributed by atoms with Gasteiger partial charge in [0, 0.05) is 0 Å². The van der Waals surface area contributed by atoms with Crippen LogP contribution in [0.1, 0.15) is 19.3 Å². The van der Waals surface area contributed by atoms with E-state index in [-0.39, 0.29) is 5.91 Å². The van der Waals surface area contributed by atoms with Crippen LogP contribution in [0.25, 0.3) is 0 Å². The van der Waals surface area contributed by atoms with E-state index in [1.54, 1.807) is 0 Å². The van der Waals surface area contributed by atoms with Crippen molar-refractivity contribution in [3.8, 4) is 0 Å². The molecular weight excluding hydrogens is 196 g/mol. The largest absolute Gasteiger partial charge is 0.399 e. The molecule has 0 aromatic heterocycles. The second-order valence-corrected chi connectivity index (χ2v) is 3.11. The van der Waals surface area contributed by atoms with Crippen molar-refractivity contribution in [1.82, 2.24) is 5.32 Å². The normalized spacial score (nSPS) is 12.7. The lowest BCUT2D eigenvalue weighted by atomic mass is 10.1. The predicted molar refractivity (Wildman–Crippen MR) is 59.4 cm³/mol. The van der Waals surface area contributed by atoms with Crippen LogP contribution in [-0.2, 0) is 9.63 Å². The van der Waals surface area contributed by atoms with Crippen molar-refractivity contribution in [3.63, 3.8) is 0 Å². The number of nitrogens with two attached hydrogens (primary N) is 2. The molecule has 0 aromatic carbocycles. The highest BCUT2D eigenvalue weighted by Gasteiger charge is 2.11. The maximum absolute atomic E-state index is 11.3. The summed E-state index contributed by atoms with van der Waals surface area (Å²) in [4.78, 5) is 15.8. The number of unbranched alkanes of at least 4 members (excludes halogenated alkanes) is 1. The zero-order valence-electron chi connectivity index (χ0n) is 9.11. The lowest BCUT2D eigenvalue weighted by Crippen LogP contribution is -2.41. The Labute approximate surface area is 90.0 Å². The highest BCUT2D eigenvalue weighted by Crippen LogP contribution is 1.97. The first kappa shape index (κ1) is 13.9. The molecule has 0 rings (SSSR count). The summed E-state index contributed by atoms with van der Waals surface area (Å²) >= 11 is 0. The Hall–Kier alpha value is -1.14. The maximum atomic E-state index is 11.3. The molecule has 0 saturated heterocycles. The Balaban J connectivity index is 3.55. The van der Waals surface area contributed by atoms with Crippen molar-refractivity contribution in [2.45, 2.75) is 25.3 Å². The second-order valence-electron chi connectivity index (χ2n) is 3.11. The number of rotatable bonds is 8. The third-order valence-electron chi connectivity index (χ3n) is 1.85. The van der Waals surface area contributed by atoms with Gasteiger partial charge in [-0.25, -0.2) is 0 Å². The molecule has 0 radical (unpaired) electrons. The van der Waals surface area contributed by atoms with E-state index in [9.17, 15) is 4.79 Å². The average molecular weight is 216 g/mol.